The Morgan fingerprint density at radius 3 is 2.75 bits per heavy atom. The van der Waals surface area contributed by atoms with Gasteiger partial charge < -0.3 is 4.90 Å². The molecule has 0 spiro atoms. The third-order valence-electron chi connectivity index (χ3n) is 6.22. The summed E-state index contributed by atoms with van der Waals surface area (Å²) < 4.78 is 0. The molecule has 0 aromatic carbocycles. The van der Waals surface area contributed by atoms with Crippen molar-refractivity contribution in [3.63, 3.8) is 0 Å². The highest BCUT2D eigenvalue weighted by Gasteiger charge is 2.24. The molecule has 3 rings (SSSR count). The van der Waals surface area contributed by atoms with Crippen LogP contribution in [-0.4, -0.2) is 54.3 Å². The maximum atomic E-state index is 4.98. The first kappa shape index (κ1) is 24.0. The smallest absolute Gasteiger partial charge is 0.220 e. The molecule has 0 radical (unpaired) electrons. The van der Waals surface area contributed by atoms with E-state index in [-0.39, 0.29) is 0 Å². The number of aliphatic imine (C=N–C) groups is 2. The van der Waals surface area contributed by atoms with Crippen LogP contribution in [0.2, 0.25) is 0 Å². The monoisotopic (exact) mass is 437 g/mol. The molecule has 1 fully saturated rings. The quantitative estimate of drug-likeness (QED) is 0.497. The molecule has 2 heterocycles. The molecule has 1 saturated carbocycles. The summed E-state index contributed by atoms with van der Waals surface area (Å²) in [4.78, 5) is 16.1. The van der Waals surface area contributed by atoms with Crippen LogP contribution in [0.3, 0.4) is 0 Å². The van der Waals surface area contributed by atoms with Gasteiger partial charge in [0.2, 0.25) is 5.96 Å². The number of aromatic nitrogens is 1. The van der Waals surface area contributed by atoms with Crippen molar-refractivity contribution in [2.45, 2.75) is 59.3 Å². The Hall–Kier alpha value is -2.67. The largest absolute Gasteiger partial charge is 0.338 e. The van der Waals surface area contributed by atoms with Crippen molar-refractivity contribution in [2.75, 3.05) is 27.2 Å². The number of rotatable bonds is 7. The van der Waals surface area contributed by atoms with Gasteiger partial charge in [-0.05, 0) is 50.8 Å². The van der Waals surface area contributed by atoms with Crippen molar-refractivity contribution in [2.24, 2.45) is 15.9 Å². The van der Waals surface area contributed by atoms with Crippen molar-refractivity contribution in [1.29, 1.82) is 0 Å². The summed E-state index contributed by atoms with van der Waals surface area (Å²) in [6.07, 6.45) is 13.7. The molecule has 0 bridgehead atoms. The SMILES string of the molecule is C/C=C/C=NC(=NCC)N(C)CC1=C(c2ccc(CC3CCCCC3)c(C)n2)NNN1C. The molecule has 7 heteroatoms. The fourth-order valence-corrected chi connectivity index (χ4v) is 4.38. The third kappa shape index (κ3) is 6.19. The Bertz CT molecular complexity index is 878. The van der Waals surface area contributed by atoms with Crippen LogP contribution < -0.4 is 11.0 Å². The van der Waals surface area contributed by atoms with Crippen LogP contribution in [0.5, 0.6) is 0 Å². The number of hydrogen-bond donors (Lipinski definition) is 2. The van der Waals surface area contributed by atoms with E-state index in [2.05, 4.69) is 44.9 Å². The number of likely N-dealkylation sites (N-methyl/N-ethyl adjacent to an activating group) is 2. The maximum Gasteiger partial charge on any atom is 0.220 e. The molecule has 1 aromatic heterocycles. The molecule has 32 heavy (non-hydrogen) atoms. The van der Waals surface area contributed by atoms with Gasteiger partial charge >= 0.3 is 0 Å². The van der Waals surface area contributed by atoms with Gasteiger partial charge in [-0.3, -0.25) is 20.4 Å². The van der Waals surface area contributed by atoms with Crippen molar-refractivity contribution >= 4 is 17.9 Å². The second-order valence-corrected chi connectivity index (χ2v) is 8.70. The molecule has 1 aromatic rings. The van der Waals surface area contributed by atoms with Gasteiger partial charge in [0.1, 0.15) is 0 Å². The number of allylic oxidation sites excluding steroid dienone is 2. The number of hydrazine groups is 2. The summed E-state index contributed by atoms with van der Waals surface area (Å²) >= 11 is 0. The Labute approximate surface area is 193 Å². The van der Waals surface area contributed by atoms with E-state index in [1.807, 2.05) is 45.1 Å². The normalized spacial score (nSPS) is 18.3. The fourth-order valence-electron chi connectivity index (χ4n) is 4.38. The van der Waals surface area contributed by atoms with Crippen LogP contribution in [0, 0.1) is 12.8 Å². The molecular weight excluding hydrogens is 398 g/mol. The van der Waals surface area contributed by atoms with E-state index in [0.29, 0.717) is 19.0 Å². The molecule has 2 aliphatic rings. The van der Waals surface area contributed by atoms with Gasteiger partial charge in [0.05, 0.1) is 23.6 Å². The lowest BCUT2D eigenvalue weighted by Gasteiger charge is -2.23. The van der Waals surface area contributed by atoms with E-state index in [1.165, 1.54) is 37.7 Å². The standard InChI is InChI=1S/C25H39N7/c1-6-8-16-27-25(26-7-2)31(4)18-23-24(29-30-32(23)5)22-15-14-21(19(3)28-22)17-20-12-10-9-11-13-20/h6,8,14-16,20,29-30H,7,9-13,17-18H2,1-5H3/b8-6+,26-25?,27-16?. The van der Waals surface area contributed by atoms with E-state index in [1.54, 1.807) is 6.21 Å². The van der Waals surface area contributed by atoms with Gasteiger partial charge in [-0.1, -0.05) is 44.2 Å². The van der Waals surface area contributed by atoms with Crippen LogP contribution in [0.15, 0.2) is 40.0 Å². The van der Waals surface area contributed by atoms with E-state index in [4.69, 9.17) is 4.98 Å². The minimum Gasteiger partial charge on any atom is -0.338 e. The Morgan fingerprint density at radius 1 is 1.28 bits per heavy atom. The van der Waals surface area contributed by atoms with Crippen LogP contribution >= 0.6 is 0 Å². The van der Waals surface area contributed by atoms with Crippen LogP contribution in [0.4, 0.5) is 0 Å². The van der Waals surface area contributed by atoms with Gasteiger partial charge in [-0.2, -0.15) is 0 Å². The molecular formula is C25H39N7. The number of hydrogen-bond acceptors (Lipinski definition) is 5. The molecule has 0 atom stereocenters. The summed E-state index contributed by atoms with van der Waals surface area (Å²) in [5.74, 6) is 1.53. The first-order valence-corrected chi connectivity index (χ1v) is 11.9. The predicted molar refractivity (Wildman–Crippen MR) is 134 cm³/mol. The minimum atomic E-state index is 0.655. The van der Waals surface area contributed by atoms with Crippen molar-refractivity contribution in [3.8, 4) is 0 Å². The number of pyridine rings is 1. The second kappa shape index (κ2) is 11.8. The molecule has 1 aliphatic heterocycles. The second-order valence-electron chi connectivity index (χ2n) is 8.70. The minimum absolute atomic E-state index is 0.655. The lowest BCUT2D eigenvalue weighted by atomic mass is 9.84. The average Bonchev–Trinajstić information content (AvgIpc) is 3.15. The molecule has 2 N–H and O–H groups in total. The molecule has 0 unspecified atom stereocenters. The number of aryl methyl sites for hydroxylation is 1. The number of nitrogens with zero attached hydrogens (tertiary/aromatic N) is 5. The van der Waals surface area contributed by atoms with E-state index in [0.717, 1.165) is 35.1 Å². The van der Waals surface area contributed by atoms with Gasteiger partial charge in [-0.15, -0.1) is 5.53 Å². The van der Waals surface area contributed by atoms with E-state index in [9.17, 15) is 0 Å². The van der Waals surface area contributed by atoms with Gasteiger partial charge in [0.15, 0.2) is 0 Å². The van der Waals surface area contributed by atoms with Gasteiger partial charge in [-0.25, -0.2) is 4.99 Å². The lowest BCUT2D eigenvalue weighted by Crippen LogP contribution is -2.37. The topological polar surface area (TPSA) is 68.1 Å². The van der Waals surface area contributed by atoms with Gasteiger partial charge in [0.25, 0.3) is 0 Å². The Kier molecular flexibility index (Phi) is 8.85. The first-order chi connectivity index (χ1) is 15.5. The zero-order valence-electron chi connectivity index (χ0n) is 20.4. The maximum absolute atomic E-state index is 4.98. The van der Waals surface area contributed by atoms with Crippen LogP contribution in [-0.2, 0) is 6.42 Å². The van der Waals surface area contributed by atoms with Gasteiger partial charge in [0, 0.05) is 32.5 Å². The third-order valence-corrected chi connectivity index (χ3v) is 6.22. The highest BCUT2D eigenvalue weighted by molar-refractivity contribution is 5.91. The molecule has 7 nitrogen and oxygen atoms in total. The van der Waals surface area contributed by atoms with E-state index < -0.39 is 0 Å². The van der Waals surface area contributed by atoms with E-state index >= 15 is 0 Å². The average molecular weight is 438 g/mol. The Morgan fingerprint density at radius 2 is 2.06 bits per heavy atom. The lowest BCUT2D eigenvalue weighted by molar-refractivity contribution is 0.289. The predicted octanol–water partition coefficient (Wildman–Crippen LogP) is 4.09. The molecule has 0 saturated heterocycles. The van der Waals surface area contributed by atoms with Crippen molar-refractivity contribution < 1.29 is 0 Å². The summed E-state index contributed by atoms with van der Waals surface area (Å²) in [5, 5.41) is 2.00. The van der Waals surface area contributed by atoms with Crippen LogP contribution in [0.25, 0.3) is 5.70 Å². The summed E-state index contributed by atoms with van der Waals surface area (Å²) in [5.41, 5.74) is 12.1. The molecule has 0 amide bonds. The zero-order valence-corrected chi connectivity index (χ0v) is 20.4. The highest BCUT2D eigenvalue weighted by atomic mass is 15.7. The zero-order chi connectivity index (χ0) is 22.9. The highest BCUT2D eigenvalue weighted by Crippen LogP contribution is 2.28. The Balaban J connectivity index is 1.79. The molecule has 1 aliphatic carbocycles. The van der Waals surface area contributed by atoms with Crippen LogP contribution in [0.1, 0.15) is 62.9 Å². The summed E-state index contributed by atoms with van der Waals surface area (Å²) in [6, 6.07) is 4.42. The summed E-state index contributed by atoms with van der Waals surface area (Å²) in [7, 11) is 4.03. The van der Waals surface area contributed by atoms with Crippen molar-refractivity contribution in [3.05, 3.63) is 46.9 Å². The first-order valence-electron chi connectivity index (χ1n) is 11.9. The van der Waals surface area contributed by atoms with Crippen molar-refractivity contribution in [1.82, 2.24) is 25.9 Å². The number of nitrogens with one attached hydrogen (secondary N) is 2. The number of guanidine groups is 1. The molecule has 174 valence electrons. The summed E-state index contributed by atoms with van der Waals surface area (Å²) in [6.45, 7) is 7.48. The fraction of sp³-hybridized carbons (Fsp3) is 0.560.